The van der Waals surface area contributed by atoms with Crippen molar-refractivity contribution in [2.24, 2.45) is 5.92 Å². The largest absolute Gasteiger partial charge is 0.384 e. The van der Waals surface area contributed by atoms with Crippen LogP contribution in [0.2, 0.25) is 5.02 Å². The van der Waals surface area contributed by atoms with E-state index in [2.05, 4.69) is 17.2 Å². The third-order valence-electron chi connectivity index (χ3n) is 4.10. The smallest absolute Gasteiger partial charge is 0.253 e. The average Bonchev–Trinajstić information content (AvgIpc) is 2.48. The third kappa shape index (κ3) is 3.63. The summed E-state index contributed by atoms with van der Waals surface area (Å²) in [5.41, 5.74) is 6.03. The van der Waals surface area contributed by atoms with Gasteiger partial charge in [0.2, 0.25) is 0 Å². The van der Waals surface area contributed by atoms with E-state index in [9.17, 15) is 4.79 Å². The maximum absolute atomic E-state index is 12.4. The van der Waals surface area contributed by atoms with Crippen LogP contribution in [0.3, 0.4) is 0 Å². The van der Waals surface area contributed by atoms with Crippen LogP contribution < -0.4 is 11.1 Å². The molecule has 0 radical (unpaired) electrons. The van der Waals surface area contributed by atoms with Crippen molar-refractivity contribution in [1.29, 1.82) is 0 Å². The summed E-state index contributed by atoms with van der Waals surface area (Å²) in [6.45, 7) is 2.11. The molecule has 1 unspecified atom stereocenters. The molecular formula is C15H22ClN3O. The Kier molecular flexibility index (Phi) is 5.24. The van der Waals surface area contributed by atoms with Gasteiger partial charge in [-0.2, -0.15) is 0 Å². The number of hydrogen-bond acceptors (Lipinski definition) is 3. The lowest BCUT2D eigenvalue weighted by molar-refractivity contribution is 0.0911. The van der Waals surface area contributed by atoms with Crippen LogP contribution in [0.25, 0.3) is 0 Å². The molecule has 5 heteroatoms. The molecule has 20 heavy (non-hydrogen) atoms. The van der Waals surface area contributed by atoms with Gasteiger partial charge in [-0.3, -0.25) is 4.79 Å². The fourth-order valence-corrected chi connectivity index (χ4v) is 3.15. The molecule has 0 spiro atoms. The molecule has 0 saturated heterocycles. The monoisotopic (exact) mass is 295 g/mol. The second kappa shape index (κ2) is 6.93. The number of pyridine rings is 1. The van der Waals surface area contributed by atoms with Gasteiger partial charge in [0, 0.05) is 12.2 Å². The Morgan fingerprint density at radius 2 is 2.20 bits per heavy atom. The summed E-state index contributed by atoms with van der Waals surface area (Å²) in [4.78, 5) is 16.2. The van der Waals surface area contributed by atoms with Crippen molar-refractivity contribution in [2.45, 2.75) is 51.5 Å². The maximum atomic E-state index is 12.4. The Bertz CT molecular complexity index is 472. The number of amides is 1. The van der Waals surface area contributed by atoms with Gasteiger partial charge in [0.15, 0.2) is 0 Å². The van der Waals surface area contributed by atoms with Crippen LogP contribution in [0.1, 0.15) is 55.8 Å². The molecule has 0 aliphatic heterocycles. The molecule has 1 aromatic rings. The Morgan fingerprint density at radius 3 is 2.85 bits per heavy atom. The first-order valence-corrected chi connectivity index (χ1v) is 7.71. The first kappa shape index (κ1) is 15.1. The summed E-state index contributed by atoms with van der Waals surface area (Å²) in [5.74, 6) is 0.738. The van der Waals surface area contributed by atoms with E-state index in [0.29, 0.717) is 22.3 Å². The lowest BCUT2D eigenvalue weighted by Crippen LogP contribution is -2.40. The number of carbonyl (C=O) groups excluding carboxylic acids is 1. The van der Waals surface area contributed by atoms with Crippen molar-refractivity contribution >= 4 is 23.3 Å². The summed E-state index contributed by atoms with van der Waals surface area (Å²) in [5, 5.41) is 3.46. The van der Waals surface area contributed by atoms with E-state index < -0.39 is 0 Å². The second-order valence-electron chi connectivity index (χ2n) is 5.48. The number of hydrogen-bond donors (Lipinski definition) is 2. The highest BCUT2D eigenvalue weighted by molar-refractivity contribution is 6.33. The van der Waals surface area contributed by atoms with Crippen molar-refractivity contribution in [3.8, 4) is 0 Å². The number of anilines is 1. The van der Waals surface area contributed by atoms with E-state index in [1.807, 2.05) is 0 Å². The zero-order valence-electron chi connectivity index (χ0n) is 11.9. The van der Waals surface area contributed by atoms with Gasteiger partial charge in [0.25, 0.3) is 5.91 Å². The van der Waals surface area contributed by atoms with Crippen molar-refractivity contribution in [3.05, 3.63) is 22.8 Å². The Hall–Kier alpha value is -1.29. The van der Waals surface area contributed by atoms with Crippen LogP contribution in [-0.4, -0.2) is 16.9 Å². The van der Waals surface area contributed by atoms with Crippen LogP contribution in [-0.2, 0) is 0 Å². The maximum Gasteiger partial charge on any atom is 0.253 e. The van der Waals surface area contributed by atoms with Gasteiger partial charge in [0.05, 0.1) is 10.6 Å². The lowest BCUT2D eigenvalue weighted by atomic mass is 9.83. The highest BCUT2D eigenvalue weighted by Crippen LogP contribution is 2.28. The molecule has 1 aliphatic carbocycles. The molecule has 1 heterocycles. The molecule has 0 aromatic carbocycles. The van der Waals surface area contributed by atoms with Gasteiger partial charge in [-0.25, -0.2) is 4.98 Å². The molecule has 3 N–H and O–H groups in total. The van der Waals surface area contributed by atoms with Crippen LogP contribution in [0.5, 0.6) is 0 Å². The molecule has 1 aliphatic rings. The SMILES string of the molecule is CCC(NC(=O)c1cc(N)ncc1Cl)C1CCCCC1. The Balaban J connectivity index is 2.06. The van der Waals surface area contributed by atoms with Crippen molar-refractivity contribution < 1.29 is 4.79 Å². The zero-order chi connectivity index (χ0) is 14.5. The van der Waals surface area contributed by atoms with E-state index in [4.69, 9.17) is 17.3 Å². The van der Waals surface area contributed by atoms with Gasteiger partial charge >= 0.3 is 0 Å². The predicted molar refractivity (Wildman–Crippen MR) is 81.8 cm³/mol. The fraction of sp³-hybridized carbons (Fsp3) is 0.600. The Morgan fingerprint density at radius 1 is 1.50 bits per heavy atom. The molecular weight excluding hydrogens is 274 g/mol. The average molecular weight is 296 g/mol. The summed E-state index contributed by atoms with van der Waals surface area (Å²) in [6, 6.07) is 1.75. The van der Waals surface area contributed by atoms with E-state index in [1.165, 1.54) is 44.4 Å². The molecule has 1 aromatic heterocycles. The molecule has 2 rings (SSSR count). The molecule has 1 saturated carbocycles. The van der Waals surface area contributed by atoms with Crippen LogP contribution in [0, 0.1) is 5.92 Å². The van der Waals surface area contributed by atoms with E-state index >= 15 is 0 Å². The molecule has 1 fully saturated rings. The number of rotatable bonds is 4. The van der Waals surface area contributed by atoms with E-state index in [1.54, 1.807) is 0 Å². The minimum absolute atomic E-state index is 0.151. The van der Waals surface area contributed by atoms with Gasteiger partial charge in [-0.1, -0.05) is 37.8 Å². The summed E-state index contributed by atoms with van der Waals surface area (Å²) in [7, 11) is 0. The van der Waals surface area contributed by atoms with Gasteiger partial charge < -0.3 is 11.1 Å². The van der Waals surface area contributed by atoms with Crippen LogP contribution >= 0.6 is 11.6 Å². The molecule has 1 amide bonds. The molecule has 1 atom stereocenters. The number of carbonyl (C=O) groups is 1. The standard InChI is InChI=1S/C15H22ClN3O/c1-2-13(10-6-4-3-5-7-10)19-15(20)11-8-14(17)18-9-12(11)16/h8-10,13H,2-7H2,1H3,(H2,17,18)(H,19,20). The predicted octanol–water partition coefficient (Wildman–Crippen LogP) is 3.41. The number of halogens is 1. The van der Waals surface area contributed by atoms with Gasteiger partial charge in [-0.05, 0) is 31.2 Å². The molecule has 110 valence electrons. The van der Waals surface area contributed by atoms with Gasteiger partial charge in [-0.15, -0.1) is 0 Å². The lowest BCUT2D eigenvalue weighted by Gasteiger charge is -2.30. The fourth-order valence-electron chi connectivity index (χ4n) is 2.96. The first-order chi connectivity index (χ1) is 9.61. The number of nitrogens with zero attached hydrogens (tertiary/aromatic N) is 1. The number of aromatic nitrogens is 1. The first-order valence-electron chi connectivity index (χ1n) is 7.33. The van der Waals surface area contributed by atoms with Crippen LogP contribution in [0.15, 0.2) is 12.3 Å². The normalized spacial score (nSPS) is 17.7. The van der Waals surface area contributed by atoms with Crippen molar-refractivity contribution in [3.63, 3.8) is 0 Å². The zero-order valence-corrected chi connectivity index (χ0v) is 12.6. The highest BCUT2D eigenvalue weighted by atomic mass is 35.5. The Labute approximate surface area is 125 Å². The van der Waals surface area contributed by atoms with Gasteiger partial charge in [0.1, 0.15) is 5.82 Å². The highest BCUT2D eigenvalue weighted by Gasteiger charge is 2.24. The quantitative estimate of drug-likeness (QED) is 0.894. The summed E-state index contributed by atoms with van der Waals surface area (Å²) < 4.78 is 0. The van der Waals surface area contributed by atoms with Crippen molar-refractivity contribution in [1.82, 2.24) is 10.3 Å². The van der Waals surface area contributed by atoms with E-state index in [0.717, 1.165) is 6.42 Å². The summed E-state index contributed by atoms with van der Waals surface area (Å²) in [6.07, 6.45) is 8.60. The molecule has 0 bridgehead atoms. The number of nitrogens with two attached hydrogens (primary N) is 1. The topological polar surface area (TPSA) is 68.0 Å². The van der Waals surface area contributed by atoms with Crippen LogP contribution in [0.4, 0.5) is 5.82 Å². The minimum Gasteiger partial charge on any atom is -0.384 e. The second-order valence-corrected chi connectivity index (χ2v) is 5.88. The number of nitrogens with one attached hydrogen (secondary N) is 1. The van der Waals surface area contributed by atoms with Crippen molar-refractivity contribution in [2.75, 3.05) is 5.73 Å². The third-order valence-corrected chi connectivity index (χ3v) is 4.40. The number of nitrogen functional groups attached to an aromatic ring is 1. The van der Waals surface area contributed by atoms with E-state index in [-0.39, 0.29) is 11.9 Å². The minimum atomic E-state index is -0.151. The molecule has 4 nitrogen and oxygen atoms in total. The summed E-state index contributed by atoms with van der Waals surface area (Å²) >= 11 is 6.02.